The van der Waals surface area contributed by atoms with Gasteiger partial charge in [0.25, 0.3) is 0 Å². The van der Waals surface area contributed by atoms with E-state index >= 15 is 0 Å². The summed E-state index contributed by atoms with van der Waals surface area (Å²) >= 11 is 0. The Balaban J connectivity index is 1.37. The maximum Gasteiger partial charge on any atom is 0.220 e. The van der Waals surface area contributed by atoms with Crippen LogP contribution < -0.4 is 5.32 Å². The summed E-state index contributed by atoms with van der Waals surface area (Å²) in [6.45, 7) is 1.60. The van der Waals surface area contributed by atoms with Crippen LogP contribution in [0.5, 0.6) is 0 Å². The molecule has 111 heavy (non-hydrogen) atoms. The molecule has 0 aliphatic carbocycles. The van der Waals surface area contributed by atoms with Gasteiger partial charge in [-0.05, 0) is 116 Å². The monoisotopic (exact) mass is 1560 g/mol. The molecular weight excluding hydrogens is 1410 g/mol. The summed E-state index contributed by atoms with van der Waals surface area (Å²) in [5.41, 5.74) is 0. The number of hydrogen-bond acceptors (Lipinski definition) is 18. The van der Waals surface area contributed by atoms with Gasteiger partial charge in [0.1, 0.15) is 73.2 Å². The van der Waals surface area contributed by atoms with E-state index in [9.17, 15) is 61.0 Å². The lowest BCUT2D eigenvalue weighted by Crippen LogP contribution is -2.66. The zero-order valence-corrected chi connectivity index (χ0v) is 68.1. The Labute approximate surface area is 669 Å². The third kappa shape index (κ3) is 48.5. The Bertz CT molecular complexity index is 2620. The van der Waals surface area contributed by atoms with Gasteiger partial charge in [0.15, 0.2) is 18.9 Å². The van der Waals surface area contributed by atoms with Gasteiger partial charge >= 0.3 is 0 Å². The Morgan fingerprint density at radius 1 is 0.333 bits per heavy atom. The number of unbranched alkanes of at least 4 members (excludes halogenated alkanes) is 27. The van der Waals surface area contributed by atoms with E-state index in [-0.39, 0.29) is 18.9 Å². The van der Waals surface area contributed by atoms with Crippen LogP contribution in [0.15, 0.2) is 158 Å². The summed E-state index contributed by atoms with van der Waals surface area (Å²) in [5.74, 6) is -0.308. The molecule has 12 N–H and O–H groups in total. The molecule has 0 radical (unpaired) electrons. The molecule has 1 amide bonds. The molecule has 0 aromatic carbocycles. The predicted molar refractivity (Wildman–Crippen MR) is 447 cm³/mol. The lowest BCUT2D eigenvalue weighted by Gasteiger charge is -2.48. The normalized spacial score (nSPS) is 25.9. The first-order chi connectivity index (χ1) is 54.3. The Morgan fingerprint density at radius 2 is 0.631 bits per heavy atom. The van der Waals surface area contributed by atoms with Gasteiger partial charge in [0.2, 0.25) is 5.91 Å². The van der Waals surface area contributed by atoms with Crippen molar-refractivity contribution >= 4 is 5.91 Å². The van der Waals surface area contributed by atoms with Gasteiger partial charge in [0, 0.05) is 6.42 Å². The number of amides is 1. The van der Waals surface area contributed by atoms with Crippen molar-refractivity contribution in [3.8, 4) is 0 Å². The van der Waals surface area contributed by atoms with Crippen molar-refractivity contribution in [1.29, 1.82) is 0 Å². The molecule has 19 heteroatoms. The fourth-order valence-electron chi connectivity index (χ4n) is 13.4. The van der Waals surface area contributed by atoms with E-state index in [4.69, 9.17) is 28.4 Å². The van der Waals surface area contributed by atoms with Crippen molar-refractivity contribution < 1.29 is 89.4 Å². The number of carbonyl (C=O) groups excluding carboxylic acids is 1. The molecule has 0 bridgehead atoms. The zero-order valence-electron chi connectivity index (χ0n) is 68.1. The second kappa shape index (κ2) is 69.7. The second-order valence-corrected chi connectivity index (χ2v) is 29.9. The van der Waals surface area contributed by atoms with E-state index in [1.165, 1.54) is 128 Å². The molecular formula is C92H153NO18. The van der Waals surface area contributed by atoms with Gasteiger partial charge in [-0.2, -0.15) is 0 Å². The van der Waals surface area contributed by atoms with E-state index in [0.717, 1.165) is 122 Å². The van der Waals surface area contributed by atoms with Gasteiger partial charge in [0.05, 0.1) is 38.6 Å². The Kier molecular flexibility index (Phi) is 63.2. The maximum absolute atomic E-state index is 13.5. The molecule has 634 valence electrons. The SMILES string of the molecule is CC/C=C\C/C=C\C/C=C\C/C=C\C/C=C\C/C=C\C/C=C\C/C=C\C/C=C\C/C=C\C/C=C\CCCCCCCC(=O)NC(COC1OC(CO)C(OC2OC(CO)C(OC3OC(CO)C(O)C(O)C3O)C(O)C2O)C(O)C1O)C(O)/C=C/CC/C=C/CCCCCCCCCCCCCCCCCCCCCCC. The molecule has 3 heterocycles. The van der Waals surface area contributed by atoms with Crippen molar-refractivity contribution in [3.05, 3.63) is 158 Å². The number of hydrogen-bond donors (Lipinski definition) is 12. The molecule has 3 rings (SSSR count). The highest BCUT2D eigenvalue weighted by Crippen LogP contribution is 2.33. The molecule has 3 aliphatic heterocycles. The van der Waals surface area contributed by atoms with Crippen molar-refractivity contribution in [3.63, 3.8) is 0 Å². The summed E-state index contributed by atoms with van der Waals surface area (Å²) in [4.78, 5) is 13.5. The average Bonchev–Trinajstić information content (AvgIpc) is 0.780. The van der Waals surface area contributed by atoms with E-state index in [1.807, 2.05) is 6.08 Å². The quantitative estimate of drug-likeness (QED) is 0.0199. The minimum Gasteiger partial charge on any atom is -0.394 e. The number of aliphatic hydroxyl groups excluding tert-OH is 11. The molecule has 0 aromatic rings. The highest BCUT2D eigenvalue weighted by molar-refractivity contribution is 5.76. The predicted octanol–water partition coefficient (Wildman–Crippen LogP) is 16.0. The maximum atomic E-state index is 13.5. The summed E-state index contributed by atoms with van der Waals surface area (Å²) < 4.78 is 34.4. The van der Waals surface area contributed by atoms with E-state index < -0.39 is 124 Å². The lowest BCUT2D eigenvalue weighted by molar-refractivity contribution is -0.379. The van der Waals surface area contributed by atoms with Crippen molar-refractivity contribution in [2.45, 2.75) is 388 Å². The minimum atomic E-state index is -1.99. The second-order valence-electron chi connectivity index (χ2n) is 29.9. The van der Waals surface area contributed by atoms with Crippen molar-refractivity contribution in [1.82, 2.24) is 5.32 Å². The van der Waals surface area contributed by atoms with Gasteiger partial charge in [-0.1, -0.05) is 320 Å². The molecule has 0 aromatic heterocycles. The van der Waals surface area contributed by atoms with Gasteiger partial charge in [-0.3, -0.25) is 4.79 Å². The van der Waals surface area contributed by atoms with E-state index in [0.29, 0.717) is 12.8 Å². The standard InChI is InChI=1S/C92H153NO18/c1-3-5-7-9-11-13-15-17-19-21-23-25-27-29-31-32-33-34-35-36-37-38-39-40-41-42-44-46-48-50-52-54-56-58-60-62-64-66-68-70-80(98)93-75(76(97)69-67-65-63-61-59-57-55-53-51-49-47-45-43-30-28-26-24-22-20-18-16-14-12-10-8-6-4-2)74-106-90-86(104)83(101)88(78(72-95)108-90)111-92-87(105)84(102)89(79(73-96)109-92)110-91-85(103)82(100)81(99)77(71-94)107-91/h5,7,11,13,17,19,23,25,29,31,33-34,36-37,39-40,42,44,48,50,54,56,59,61,67,69,75-79,81-92,94-97,99-105H,3-4,6,8-10,12,14-16,18,20-22,24,26-28,30,32,35,38,41,43,45-47,49,51-53,55,57-58,60,62-66,68,70-74H2,1-2H3,(H,93,98)/b7-5-,13-11-,19-17-,25-23-,31-29-,34-33-,37-36-,40-39-,44-42-,50-48-,56-54-,61-59+,69-67+. The van der Waals surface area contributed by atoms with E-state index in [2.05, 4.69) is 165 Å². The third-order valence-corrected chi connectivity index (χ3v) is 20.3. The summed E-state index contributed by atoms with van der Waals surface area (Å²) in [7, 11) is 0. The van der Waals surface area contributed by atoms with Crippen LogP contribution in [0.1, 0.15) is 284 Å². The number of aliphatic hydroxyl groups is 11. The zero-order chi connectivity index (χ0) is 80.3. The first-order valence-electron chi connectivity index (χ1n) is 43.2. The lowest BCUT2D eigenvalue weighted by atomic mass is 9.96. The Morgan fingerprint density at radius 3 is 1.01 bits per heavy atom. The average molecular weight is 1560 g/mol. The molecule has 19 nitrogen and oxygen atoms in total. The Hall–Kier alpha value is -4.59. The molecule has 0 spiro atoms. The smallest absolute Gasteiger partial charge is 0.220 e. The molecule has 17 unspecified atom stereocenters. The van der Waals surface area contributed by atoms with Crippen LogP contribution in [0.3, 0.4) is 0 Å². The highest BCUT2D eigenvalue weighted by atomic mass is 16.8. The van der Waals surface area contributed by atoms with Gasteiger partial charge in [-0.25, -0.2) is 0 Å². The van der Waals surface area contributed by atoms with Crippen molar-refractivity contribution in [2.75, 3.05) is 26.4 Å². The fraction of sp³-hybridized carbons (Fsp3) is 0.707. The molecule has 3 fully saturated rings. The van der Waals surface area contributed by atoms with Crippen molar-refractivity contribution in [2.24, 2.45) is 0 Å². The first kappa shape index (κ1) is 101. The van der Waals surface area contributed by atoms with Crippen LogP contribution in [0.25, 0.3) is 0 Å². The van der Waals surface area contributed by atoms with Gasteiger partial charge in [-0.15, -0.1) is 0 Å². The van der Waals surface area contributed by atoms with E-state index in [1.54, 1.807) is 6.08 Å². The number of allylic oxidation sites excluding steroid dienone is 25. The third-order valence-electron chi connectivity index (χ3n) is 20.3. The van der Waals surface area contributed by atoms with Crippen LogP contribution in [-0.2, 0) is 33.2 Å². The largest absolute Gasteiger partial charge is 0.394 e. The number of carbonyl (C=O) groups is 1. The topological polar surface area (TPSA) is 307 Å². The molecule has 3 saturated heterocycles. The molecule has 0 saturated carbocycles. The van der Waals surface area contributed by atoms with Crippen LogP contribution in [-0.4, -0.2) is 193 Å². The summed E-state index contributed by atoms with van der Waals surface area (Å²) in [5, 5.41) is 121. The molecule has 17 atom stereocenters. The number of ether oxygens (including phenoxy) is 6. The van der Waals surface area contributed by atoms with Crippen LogP contribution in [0.4, 0.5) is 0 Å². The fourth-order valence-corrected chi connectivity index (χ4v) is 13.4. The minimum absolute atomic E-state index is 0.203. The molecule has 3 aliphatic rings. The highest BCUT2D eigenvalue weighted by Gasteiger charge is 2.54. The number of nitrogens with one attached hydrogen (secondary N) is 1. The van der Waals surface area contributed by atoms with Crippen LogP contribution in [0, 0.1) is 0 Å². The first-order valence-corrected chi connectivity index (χ1v) is 43.2. The van der Waals surface area contributed by atoms with Gasteiger partial charge < -0.3 is 89.9 Å². The summed E-state index contributed by atoms with van der Waals surface area (Å²) in [6, 6.07) is -1.01. The van der Waals surface area contributed by atoms with Crippen LogP contribution >= 0.6 is 0 Å². The van der Waals surface area contributed by atoms with Crippen LogP contribution in [0.2, 0.25) is 0 Å². The summed E-state index contributed by atoms with van der Waals surface area (Å²) in [6.07, 6.45) is 76.6. The number of rotatable bonds is 67.